The van der Waals surface area contributed by atoms with Gasteiger partial charge in [-0.25, -0.2) is 9.13 Å². The van der Waals surface area contributed by atoms with E-state index in [4.69, 9.17) is 37.0 Å². The van der Waals surface area contributed by atoms with Crippen LogP contribution < -0.4 is 0 Å². The lowest BCUT2D eigenvalue weighted by Crippen LogP contribution is -2.30. The minimum atomic E-state index is -4.96. The first kappa shape index (κ1) is 98.5. The van der Waals surface area contributed by atoms with E-state index < -0.39 is 97.5 Å². The topological polar surface area (TPSA) is 237 Å². The summed E-state index contributed by atoms with van der Waals surface area (Å²) in [4.78, 5) is 72.9. The summed E-state index contributed by atoms with van der Waals surface area (Å²) in [5.41, 5.74) is 0. The molecule has 0 aliphatic rings. The van der Waals surface area contributed by atoms with Gasteiger partial charge in [0.2, 0.25) is 0 Å². The van der Waals surface area contributed by atoms with Crippen LogP contribution >= 0.6 is 15.6 Å². The molecule has 0 aromatic rings. The van der Waals surface area contributed by atoms with Crippen LogP contribution in [-0.2, 0) is 65.4 Å². The number of allylic oxidation sites excluding steroid dienone is 4. The van der Waals surface area contributed by atoms with Crippen LogP contribution in [0.1, 0.15) is 419 Å². The Labute approximate surface area is 618 Å². The summed E-state index contributed by atoms with van der Waals surface area (Å²) in [5, 5.41) is 10.6. The molecule has 101 heavy (non-hydrogen) atoms. The Morgan fingerprint density at radius 3 is 0.723 bits per heavy atom. The fraction of sp³-hybridized carbons (Fsp3) is 0.902. The number of carbonyl (C=O) groups is 4. The molecular weight excluding hydrogens is 1320 g/mol. The second kappa shape index (κ2) is 75.8. The number of rotatable bonds is 81. The zero-order valence-electron chi connectivity index (χ0n) is 65.4. The predicted octanol–water partition coefficient (Wildman–Crippen LogP) is 24.5. The van der Waals surface area contributed by atoms with Crippen LogP contribution in [0.25, 0.3) is 0 Å². The molecule has 0 rings (SSSR count). The van der Waals surface area contributed by atoms with E-state index in [-0.39, 0.29) is 25.7 Å². The van der Waals surface area contributed by atoms with Crippen LogP contribution in [0.15, 0.2) is 24.3 Å². The van der Waals surface area contributed by atoms with Crippen molar-refractivity contribution in [3.63, 3.8) is 0 Å². The highest BCUT2D eigenvalue weighted by molar-refractivity contribution is 7.47. The van der Waals surface area contributed by atoms with Crippen LogP contribution in [0.5, 0.6) is 0 Å². The molecule has 0 heterocycles. The van der Waals surface area contributed by atoms with Crippen LogP contribution in [0.3, 0.4) is 0 Å². The van der Waals surface area contributed by atoms with Gasteiger partial charge in [0.25, 0.3) is 0 Å². The Kier molecular flexibility index (Phi) is 73.9. The monoisotopic (exact) mass is 1480 g/mol. The van der Waals surface area contributed by atoms with Crippen molar-refractivity contribution in [1.29, 1.82) is 0 Å². The van der Waals surface area contributed by atoms with E-state index in [1.807, 2.05) is 0 Å². The minimum Gasteiger partial charge on any atom is -0.462 e. The van der Waals surface area contributed by atoms with E-state index in [9.17, 15) is 43.2 Å². The van der Waals surface area contributed by atoms with Crippen molar-refractivity contribution in [3.8, 4) is 0 Å². The Balaban J connectivity index is 5.20. The van der Waals surface area contributed by atoms with Gasteiger partial charge >= 0.3 is 39.5 Å². The van der Waals surface area contributed by atoms with Crippen molar-refractivity contribution in [2.45, 2.75) is 438 Å². The number of phosphoric ester groups is 2. The second-order valence-electron chi connectivity index (χ2n) is 28.8. The van der Waals surface area contributed by atoms with E-state index in [2.05, 4.69) is 52.0 Å². The standard InChI is InChI=1S/C82H156O17P2/c1-5-9-13-17-21-24-27-30-33-35-37-39-41-44-47-50-53-57-61-65-69-82(87)99-78(73-93-80(85)67-63-59-55-51-48-45-43-40-38-36-34-31-28-25-22-18-14-10-6-2)75-97-101(90,91)95-71-76(83)70-94-100(88,89)96-74-77(72-92-79(84)66-62-58-54-20-16-12-8-4)98-81(86)68-64-60-56-52-49-46-42-32-29-26-23-19-15-11-7-3/h26,29,32,42,76-78,83H,5-25,27-28,30-31,33-41,43-75H2,1-4H3,(H,88,89)(H,90,91)/b29-26-,42-32-/t76-,77+,78+/m0/s1. The highest BCUT2D eigenvalue weighted by atomic mass is 31.2. The van der Waals surface area contributed by atoms with Crippen molar-refractivity contribution in [1.82, 2.24) is 0 Å². The molecule has 0 aliphatic heterocycles. The fourth-order valence-corrected chi connectivity index (χ4v) is 13.9. The zero-order chi connectivity index (χ0) is 73.9. The molecule has 5 atom stereocenters. The van der Waals surface area contributed by atoms with Gasteiger partial charge < -0.3 is 33.8 Å². The average molecular weight is 1480 g/mol. The summed E-state index contributed by atoms with van der Waals surface area (Å²) in [6, 6.07) is 0. The molecule has 0 radical (unpaired) electrons. The highest BCUT2D eigenvalue weighted by Crippen LogP contribution is 2.45. The van der Waals surface area contributed by atoms with Gasteiger partial charge in [0.15, 0.2) is 12.2 Å². The molecule has 0 saturated heterocycles. The highest BCUT2D eigenvalue weighted by Gasteiger charge is 2.30. The quantitative estimate of drug-likeness (QED) is 0.0169. The molecule has 3 N–H and O–H groups in total. The summed E-state index contributed by atoms with van der Waals surface area (Å²) < 4.78 is 68.6. The lowest BCUT2D eigenvalue weighted by atomic mass is 10.0. The first-order valence-corrected chi connectivity index (χ1v) is 45.1. The predicted molar refractivity (Wildman–Crippen MR) is 414 cm³/mol. The molecule has 596 valence electrons. The SMILES string of the molecule is CCCCCC/C=C\C=C/CCCCCCCC(=O)O[C@H](COC(=O)CCCCCCCCC)COP(=O)(O)OC[C@H](O)COP(=O)(O)OC[C@@H](COC(=O)CCCCCCCCCCCCCCCCCCCCC)OC(=O)CCCCCCCCCCCCCCCCCCCCCC. The van der Waals surface area contributed by atoms with Crippen LogP contribution in [-0.4, -0.2) is 96.7 Å². The number of phosphoric acid groups is 2. The summed E-state index contributed by atoms with van der Waals surface area (Å²) in [6.07, 6.45) is 71.9. The number of ether oxygens (including phenoxy) is 4. The molecule has 17 nitrogen and oxygen atoms in total. The first-order chi connectivity index (χ1) is 49.2. The molecule has 0 aliphatic carbocycles. The van der Waals surface area contributed by atoms with Crippen LogP contribution in [0.2, 0.25) is 0 Å². The smallest absolute Gasteiger partial charge is 0.462 e. The van der Waals surface area contributed by atoms with E-state index in [1.165, 1.54) is 225 Å². The summed E-state index contributed by atoms with van der Waals surface area (Å²) in [5.74, 6) is -2.14. The van der Waals surface area contributed by atoms with Gasteiger partial charge in [0.1, 0.15) is 19.3 Å². The summed E-state index contributed by atoms with van der Waals surface area (Å²) >= 11 is 0. The molecule has 0 aromatic carbocycles. The third-order valence-electron chi connectivity index (χ3n) is 18.7. The van der Waals surface area contributed by atoms with Gasteiger partial charge in [-0.2, -0.15) is 0 Å². The Hall–Kier alpha value is -2.46. The number of esters is 4. The molecule has 0 spiro atoms. The summed E-state index contributed by atoms with van der Waals surface area (Å²) in [7, 11) is -9.93. The lowest BCUT2D eigenvalue weighted by Gasteiger charge is -2.21. The maximum Gasteiger partial charge on any atom is 0.472 e. The van der Waals surface area contributed by atoms with Crippen molar-refractivity contribution < 1.29 is 80.2 Å². The number of hydrogen-bond acceptors (Lipinski definition) is 15. The Morgan fingerprint density at radius 2 is 0.475 bits per heavy atom. The molecular formula is C82H156O17P2. The number of aliphatic hydroxyl groups is 1. The molecule has 0 aromatic heterocycles. The zero-order valence-corrected chi connectivity index (χ0v) is 67.2. The maximum atomic E-state index is 13.1. The van der Waals surface area contributed by atoms with Gasteiger partial charge in [0.05, 0.1) is 26.4 Å². The van der Waals surface area contributed by atoms with E-state index >= 15 is 0 Å². The van der Waals surface area contributed by atoms with E-state index in [0.717, 1.165) is 116 Å². The van der Waals surface area contributed by atoms with Gasteiger partial charge in [-0.3, -0.25) is 37.3 Å². The Morgan fingerprint density at radius 1 is 0.277 bits per heavy atom. The molecule has 0 saturated carbocycles. The molecule has 0 fully saturated rings. The molecule has 19 heteroatoms. The molecule has 2 unspecified atom stereocenters. The van der Waals surface area contributed by atoms with Crippen LogP contribution in [0.4, 0.5) is 0 Å². The van der Waals surface area contributed by atoms with Gasteiger partial charge in [-0.15, -0.1) is 0 Å². The Bertz CT molecular complexity index is 2010. The van der Waals surface area contributed by atoms with Crippen LogP contribution in [0, 0.1) is 0 Å². The fourth-order valence-electron chi connectivity index (χ4n) is 12.3. The summed E-state index contributed by atoms with van der Waals surface area (Å²) in [6.45, 7) is 4.92. The molecule has 0 amide bonds. The van der Waals surface area contributed by atoms with E-state index in [1.54, 1.807) is 0 Å². The largest absolute Gasteiger partial charge is 0.472 e. The van der Waals surface area contributed by atoms with E-state index in [0.29, 0.717) is 25.7 Å². The van der Waals surface area contributed by atoms with Crippen molar-refractivity contribution in [2.24, 2.45) is 0 Å². The van der Waals surface area contributed by atoms with Crippen molar-refractivity contribution >= 4 is 39.5 Å². The third-order valence-corrected chi connectivity index (χ3v) is 20.6. The first-order valence-electron chi connectivity index (χ1n) is 42.1. The maximum absolute atomic E-state index is 13.1. The van der Waals surface area contributed by atoms with Gasteiger partial charge in [-0.1, -0.05) is 367 Å². The molecule has 0 bridgehead atoms. The number of unbranched alkanes of at least 4 members (excludes halogenated alkanes) is 52. The van der Waals surface area contributed by atoms with Crippen molar-refractivity contribution in [3.05, 3.63) is 24.3 Å². The minimum absolute atomic E-state index is 0.0853. The van der Waals surface area contributed by atoms with Gasteiger partial charge in [0, 0.05) is 25.7 Å². The average Bonchev–Trinajstić information content (AvgIpc) is 0.982. The normalized spacial score (nSPS) is 13.9. The number of carbonyl (C=O) groups excluding carboxylic acids is 4. The third kappa shape index (κ3) is 75.6. The van der Waals surface area contributed by atoms with Crippen molar-refractivity contribution in [2.75, 3.05) is 39.6 Å². The number of hydrogen-bond donors (Lipinski definition) is 3. The van der Waals surface area contributed by atoms with Gasteiger partial charge in [-0.05, 0) is 51.4 Å². The second-order valence-corrected chi connectivity index (χ2v) is 31.7. The lowest BCUT2D eigenvalue weighted by molar-refractivity contribution is -0.161. The number of aliphatic hydroxyl groups excluding tert-OH is 1.